The van der Waals surface area contributed by atoms with Crippen molar-refractivity contribution in [2.75, 3.05) is 13.1 Å². The molecule has 0 saturated heterocycles. The zero-order valence-electron chi connectivity index (χ0n) is 9.07. The first-order valence-corrected chi connectivity index (χ1v) is 5.59. The summed E-state index contributed by atoms with van der Waals surface area (Å²) < 4.78 is 0. The third-order valence-electron chi connectivity index (χ3n) is 3.12. The van der Waals surface area contributed by atoms with Crippen LogP contribution in [0.5, 0.6) is 0 Å². The minimum absolute atomic E-state index is 0.0955. The molecule has 0 aromatic carbocycles. The van der Waals surface area contributed by atoms with Gasteiger partial charge >= 0.3 is 0 Å². The number of H-pyrrole nitrogens is 1. The highest BCUT2D eigenvalue weighted by molar-refractivity contribution is 5.93. The van der Waals surface area contributed by atoms with E-state index < -0.39 is 0 Å². The molecule has 1 N–H and O–H groups in total. The molecule has 0 spiro atoms. The average Bonchev–Trinajstić information content (AvgIpc) is 2.68. The highest BCUT2D eigenvalue weighted by Gasteiger charge is 2.23. The van der Waals surface area contributed by atoms with Crippen LogP contribution in [0.4, 0.5) is 0 Å². The van der Waals surface area contributed by atoms with Crippen LogP contribution in [-0.4, -0.2) is 34.1 Å². The number of hydrogen-bond donors (Lipinski definition) is 1. The van der Waals surface area contributed by atoms with Crippen LogP contribution in [0.2, 0.25) is 0 Å². The lowest BCUT2D eigenvalue weighted by Gasteiger charge is -2.31. The summed E-state index contributed by atoms with van der Waals surface area (Å²) in [5.74, 6) is 0.818. The van der Waals surface area contributed by atoms with Crippen molar-refractivity contribution >= 4 is 5.91 Å². The molecule has 0 radical (unpaired) electrons. The maximum absolute atomic E-state index is 12.0. The lowest BCUT2D eigenvalue weighted by atomic mass is 9.85. The smallest absolute Gasteiger partial charge is 0.257 e. The molecule has 2 rings (SSSR count). The van der Waals surface area contributed by atoms with Crippen LogP contribution >= 0.6 is 0 Å². The van der Waals surface area contributed by atoms with Gasteiger partial charge in [-0.1, -0.05) is 6.42 Å². The van der Waals surface area contributed by atoms with Crippen molar-refractivity contribution in [1.29, 1.82) is 0 Å². The van der Waals surface area contributed by atoms with E-state index in [-0.39, 0.29) is 5.91 Å². The summed E-state index contributed by atoms with van der Waals surface area (Å²) in [4.78, 5) is 13.9. The first kappa shape index (κ1) is 10.2. The molecule has 4 heteroatoms. The van der Waals surface area contributed by atoms with E-state index >= 15 is 0 Å². The van der Waals surface area contributed by atoms with Crippen molar-refractivity contribution in [3.05, 3.63) is 18.0 Å². The summed E-state index contributed by atoms with van der Waals surface area (Å²) >= 11 is 0. The molecule has 1 fully saturated rings. The van der Waals surface area contributed by atoms with Crippen LogP contribution in [0.15, 0.2) is 12.4 Å². The van der Waals surface area contributed by atoms with Gasteiger partial charge in [0.25, 0.3) is 5.91 Å². The SMILES string of the molecule is CCN(CC1CCC1)C(=O)c1cn[nH]c1. The van der Waals surface area contributed by atoms with Gasteiger partial charge in [-0.2, -0.15) is 5.10 Å². The second kappa shape index (κ2) is 4.47. The van der Waals surface area contributed by atoms with E-state index in [0.717, 1.165) is 19.0 Å². The second-order valence-corrected chi connectivity index (χ2v) is 4.13. The van der Waals surface area contributed by atoms with Gasteiger partial charge in [-0.05, 0) is 25.7 Å². The van der Waals surface area contributed by atoms with E-state index in [1.165, 1.54) is 19.3 Å². The highest BCUT2D eigenvalue weighted by Crippen LogP contribution is 2.27. The van der Waals surface area contributed by atoms with Gasteiger partial charge in [0, 0.05) is 19.3 Å². The maximum atomic E-state index is 12.0. The Hall–Kier alpha value is -1.32. The minimum Gasteiger partial charge on any atom is -0.339 e. The maximum Gasteiger partial charge on any atom is 0.257 e. The Labute approximate surface area is 89.7 Å². The van der Waals surface area contributed by atoms with Crippen LogP contribution in [0.1, 0.15) is 36.5 Å². The minimum atomic E-state index is 0.0955. The van der Waals surface area contributed by atoms with Crippen LogP contribution in [0.3, 0.4) is 0 Å². The van der Waals surface area contributed by atoms with E-state index in [2.05, 4.69) is 10.2 Å². The molecule has 1 heterocycles. The Morgan fingerprint density at radius 2 is 2.47 bits per heavy atom. The Morgan fingerprint density at radius 3 is 2.93 bits per heavy atom. The van der Waals surface area contributed by atoms with Gasteiger partial charge < -0.3 is 4.90 Å². The summed E-state index contributed by atoms with van der Waals surface area (Å²) in [5.41, 5.74) is 0.663. The summed E-state index contributed by atoms with van der Waals surface area (Å²) in [6.07, 6.45) is 7.12. The average molecular weight is 207 g/mol. The number of rotatable bonds is 4. The Balaban J connectivity index is 1.96. The van der Waals surface area contributed by atoms with Crippen molar-refractivity contribution < 1.29 is 4.79 Å². The van der Waals surface area contributed by atoms with Gasteiger partial charge in [-0.25, -0.2) is 0 Å². The molecular weight excluding hydrogens is 190 g/mol. The molecule has 1 aliphatic rings. The normalized spacial score (nSPS) is 16.1. The van der Waals surface area contributed by atoms with Crippen molar-refractivity contribution in [3.8, 4) is 0 Å². The summed E-state index contributed by atoms with van der Waals surface area (Å²) in [6, 6.07) is 0. The highest BCUT2D eigenvalue weighted by atomic mass is 16.2. The predicted molar refractivity (Wildman–Crippen MR) is 57.5 cm³/mol. The lowest BCUT2D eigenvalue weighted by Crippen LogP contribution is -2.37. The van der Waals surface area contributed by atoms with Gasteiger partial charge in [-0.3, -0.25) is 9.89 Å². The van der Waals surface area contributed by atoms with Gasteiger partial charge in [0.05, 0.1) is 11.8 Å². The molecule has 4 nitrogen and oxygen atoms in total. The third kappa shape index (κ3) is 2.19. The number of nitrogens with one attached hydrogen (secondary N) is 1. The van der Waals surface area contributed by atoms with Gasteiger partial charge in [0.15, 0.2) is 0 Å². The van der Waals surface area contributed by atoms with E-state index in [9.17, 15) is 4.79 Å². The molecule has 1 saturated carbocycles. The fraction of sp³-hybridized carbons (Fsp3) is 0.636. The summed E-state index contributed by atoms with van der Waals surface area (Å²) in [6.45, 7) is 3.71. The van der Waals surface area contributed by atoms with Crippen LogP contribution in [-0.2, 0) is 0 Å². The van der Waals surface area contributed by atoms with E-state index in [1.807, 2.05) is 11.8 Å². The molecule has 1 amide bonds. The predicted octanol–water partition coefficient (Wildman–Crippen LogP) is 1.67. The zero-order chi connectivity index (χ0) is 10.7. The summed E-state index contributed by atoms with van der Waals surface area (Å²) in [7, 11) is 0. The third-order valence-corrected chi connectivity index (χ3v) is 3.12. The van der Waals surface area contributed by atoms with Crippen molar-refractivity contribution in [3.63, 3.8) is 0 Å². The molecule has 0 atom stereocenters. The molecule has 1 aromatic rings. The largest absolute Gasteiger partial charge is 0.339 e. The Morgan fingerprint density at radius 1 is 1.67 bits per heavy atom. The Bertz CT molecular complexity index is 317. The zero-order valence-corrected chi connectivity index (χ0v) is 9.07. The monoisotopic (exact) mass is 207 g/mol. The molecule has 1 aliphatic carbocycles. The van der Waals surface area contributed by atoms with Crippen molar-refractivity contribution in [1.82, 2.24) is 15.1 Å². The second-order valence-electron chi connectivity index (χ2n) is 4.13. The number of aromatic amines is 1. The number of carbonyl (C=O) groups is 1. The van der Waals surface area contributed by atoms with Gasteiger partial charge in [0.1, 0.15) is 0 Å². The standard InChI is InChI=1S/C11H17N3O/c1-2-14(8-9-4-3-5-9)11(15)10-6-12-13-7-10/h6-7,9H,2-5,8H2,1H3,(H,12,13). The van der Waals surface area contributed by atoms with Gasteiger partial charge in [-0.15, -0.1) is 0 Å². The van der Waals surface area contributed by atoms with Crippen molar-refractivity contribution in [2.24, 2.45) is 5.92 Å². The number of carbonyl (C=O) groups excluding carboxylic acids is 1. The topological polar surface area (TPSA) is 49.0 Å². The molecule has 82 valence electrons. The number of aromatic nitrogens is 2. The number of amides is 1. The molecule has 0 bridgehead atoms. The molecule has 15 heavy (non-hydrogen) atoms. The Kier molecular flexibility index (Phi) is 3.04. The fourth-order valence-electron chi connectivity index (χ4n) is 1.89. The number of nitrogens with zero attached hydrogens (tertiary/aromatic N) is 2. The quantitative estimate of drug-likeness (QED) is 0.816. The fourth-order valence-corrected chi connectivity index (χ4v) is 1.89. The molecule has 1 aromatic heterocycles. The molecule has 0 aliphatic heterocycles. The molecular formula is C11H17N3O. The summed E-state index contributed by atoms with van der Waals surface area (Å²) in [5, 5.41) is 6.47. The van der Waals surface area contributed by atoms with Crippen LogP contribution < -0.4 is 0 Å². The van der Waals surface area contributed by atoms with Crippen LogP contribution in [0, 0.1) is 5.92 Å². The number of hydrogen-bond acceptors (Lipinski definition) is 2. The van der Waals surface area contributed by atoms with E-state index in [4.69, 9.17) is 0 Å². The first-order valence-electron chi connectivity index (χ1n) is 5.59. The van der Waals surface area contributed by atoms with Gasteiger partial charge in [0.2, 0.25) is 0 Å². The van der Waals surface area contributed by atoms with E-state index in [0.29, 0.717) is 5.56 Å². The van der Waals surface area contributed by atoms with E-state index in [1.54, 1.807) is 12.4 Å². The molecule has 0 unspecified atom stereocenters. The lowest BCUT2D eigenvalue weighted by molar-refractivity contribution is 0.0706. The van der Waals surface area contributed by atoms with Crippen molar-refractivity contribution in [2.45, 2.75) is 26.2 Å². The van der Waals surface area contributed by atoms with Crippen LogP contribution in [0.25, 0.3) is 0 Å². The first-order chi connectivity index (χ1) is 7.31.